The van der Waals surface area contributed by atoms with E-state index in [9.17, 15) is 5.11 Å². The van der Waals surface area contributed by atoms with Crippen LogP contribution in [-0.4, -0.2) is 67.5 Å². The molecule has 5 nitrogen and oxygen atoms in total. The quantitative estimate of drug-likeness (QED) is 0.391. The van der Waals surface area contributed by atoms with Gasteiger partial charge < -0.3 is 19.7 Å². The summed E-state index contributed by atoms with van der Waals surface area (Å²) in [6.07, 6.45) is -0.427. The lowest BCUT2D eigenvalue weighted by atomic mass is 10.4. The van der Waals surface area contributed by atoms with Gasteiger partial charge in [-0.05, 0) is 13.5 Å². The van der Waals surface area contributed by atoms with E-state index in [1.165, 1.54) is 0 Å². The van der Waals surface area contributed by atoms with Crippen LogP contribution >= 0.6 is 0 Å². The molecule has 0 spiro atoms. The summed E-state index contributed by atoms with van der Waals surface area (Å²) in [6, 6.07) is 0. The summed E-state index contributed by atoms with van der Waals surface area (Å²) in [5.74, 6) is 0. The minimum absolute atomic E-state index is 0.0473. The number of rotatable bonds is 10. The van der Waals surface area contributed by atoms with Gasteiger partial charge in [-0.2, -0.15) is 0 Å². The number of nitrogens with zero attached hydrogens (tertiary/aromatic N) is 1. The van der Waals surface area contributed by atoms with Crippen LogP contribution in [0.1, 0.15) is 13.8 Å². The van der Waals surface area contributed by atoms with Crippen molar-refractivity contribution in [3.63, 3.8) is 0 Å². The van der Waals surface area contributed by atoms with Crippen molar-refractivity contribution < 1.29 is 19.7 Å². The van der Waals surface area contributed by atoms with Crippen LogP contribution in [0.25, 0.3) is 0 Å². The molecule has 0 bridgehead atoms. The van der Waals surface area contributed by atoms with E-state index in [4.69, 9.17) is 14.6 Å². The Hall–Kier alpha value is -0.200. The number of aliphatic hydroxyl groups excluding tert-OH is 2. The second kappa shape index (κ2) is 10.3. The molecule has 0 heterocycles. The van der Waals surface area contributed by atoms with Crippen LogP contribution in [0, 0.1) is 0 Å². The summed E-state index contributed by atoms with van der Waals surface area (Å²) >= 11 is 0. The predicted molar refractivity (Wildman–Crippen MR) is 57.7 cm³/mol. The molecule has 2 N–H and O–H groups in total. The van der Waals surface area contributed by atoms with Gasteiger partial charge in [0.15, 0.2) is 0 Å². The third-order valence-electron chi connectivity index (χ3n) is 2.07. The van der Waals surface area contributed by atoms with Crippen molar-refractivity contribution in [2.45, 2.75) is 20.1 Å². The number of ether oxygens (including phenoxy) is 2. The molecule has 92 valence electrons. The molecule has 15 heavy (non-hydrogen) atoms. The van der Waals surface area contributed by atoms with Crippen LogP contribution in [0.15, 0.2) is 0 Å². The molecular formula is C10H23NO4. The van der Waals surface area contributed by atoms with Crippen molar-refractivity contribution in [2.24, 2.45) is 0 Å². The Labute approximate surface area is 91.6 Å². The number of hydrogen-bond donors (Lipinski definition) is 2. The predicted octanol–water partition coefficient (Wildman–Crippen LogP) is -0.328. The zero-order chi connectivity index (χ0) is 11.5. The molecule has 0 rings (SSSR count). The topological polar surface area (TPSA) is 62.2 Å². The van der Waals surface area contributed by atoms with Crippen molar-refractivity contribution in [3.8, 4) is 0 Å². The van der Waals surface area contributed by atoms with Crippen LogP contribution in [0.3, 0.4) is 0 Å². The smallest absolute Gasteiger partial charge is 0.104 e. The highest BCUT2D eigenvalue weighted by molar-refractivity contribution is 4.54. The van der Waals surface area contributed by atoms with Crippen molar-refractivity contribution in [1.82, 2.24) is 4.90 Å². The summed E-state index contributed by atoms with van der Waals surface area (Å²) in [5, 5.41) is 17.7. The SMILES string of the molecule is CCN(CCOCCOCCO)C(C)O. The summed E-state index contributed by atoms with van der Waals surface area (Å²) in [7, 11) is 0. The van der Waals surface area contributed by atoms with Gasteiger partial charge in [0, 0.05) is 6.54 Å². The van der Waals surface area contributed by atoms with E-state index in [1.54, 1.807) is 6.92 Å². The number of hydrogen-bond acceptors (Lipinski definition) is 5. The van der Waals surface area contributed by atoms with Crippen molar-refractivity contribution in [3.05, 3.63) is 0 Å². The summed E-state index contributed by atoms with van der Waals surface area (Å²) in [5.41, 5.74) is 0. The van der Waals surface area contributed by atoms with Gasteiger partial charge in [0.05, 0.1) is 33.0 Å². The second-order valence-corrected chi connectivity index (χ2v) is 3.21. The van der Waals surface area contributed by atoms with Crippen LogP contribution in [-0.2, 0) is 9.47 Å². The Bertz CT molecular complexity index is 133. The Balaban J connectivity index is 3.22. The maximum Gasteiger partial charge on any atom is 0.104 e. The Morgan fingerprint density at radius 2 is 1.73 bits per heavy atom. The van der Waals surface area contributed by atoms with Crippen LogP contribution in [0.5, 0.6) is 0 Å². The van der Waals surface area contributed by atoms with Crippen LogP contribution in [0.2, 0.25) is 0 Å². The Morgan fingerprint density at radius 1 is 1.13 bits per heavy atom. The molecule has 0 saturated heterocycles. The minimum atomic E-state index is -0.427. The van der Waals surface area contributed by atoms with Gasteiger partial charge in [0.25, 0.3) is 0 Å². The molecule has 0 aliphatic heterocycles. The summed E-state index contributed by atoms with van der Waals surface area (Å²) in [4.78, 5) is 1.91. The maximum atomic E-state index is 9.30. The first-order chi connectivity index (χ1) is 7.22. The highest BCUT2D eigenvalue weighted by Crippen LogP contribution is 1.94. The van der Waals surface area contributed by atoms with Crippen LogP contribution < -0.4 is 0 Å². The molecule has 0 amide bonds. The molecule has 0 aliphatic rings. The molecular weight excluding hydrogens is 198 g/mol. The number of aliphatic hydroxyl groups is 2. The van der Waals surface area contributed by atoms with E-state index < -0.39 is 6.23 Å². The van der Waals surface area contributed by atoms with E-state index >= 15 is 0 Å². The van der Waals surface area contributed by atoms with E-state index in [0.29, 0.717) is 33.0 Å². The third kappa shape index (κ3) is 8.77. The fourth-order valence-corrected chi connectivity index (χ4v) is 1.18. The normalized spacial score (nSPS) is 13.4. The molecule has 0 radical (unpaired) electrons. The number of likely N-dealkylation sites (N-methyl/N-ethyl adjacent to an activating group) is 1. The van der Waals surface area contributed by atoms with Crippen molar-refractivity contribution in [1.29, 1.82) is 0 Å². The standard InChI is InChI=1S/C10H23NO4/c1-3-11(10(2)13)4-6-14-8-9-15-7-5-12/h10,12-13H,3-9H2,1-2H3. The molecule has 0 aromatic carbocycles. The average molecular weight is 221 g/mol. The first kappa shape index (κ1) is 14.8. The highest BCUT2D eigenvalue weighted by atomic mass is 16.5. The minimum Gasteiger partial charge on any atom is -0.394 e. The van der Waals surface area contributed by atoms with Gasteiger partial charge in [-0.15, -0.1) is 0 Å². The molecule has 1 atom stereocenters. The van der Waals surface area contributed by atoms with Gasteiger partial charge in [-0.1, -0.05) is 6.92 Å². The van der Waals surface area contributed by atoms with E-state index in [0.717, 1.165) is 6.54 Å². The van der Waals surface area contributed by atoms with Crippen molar-refractivity contribution in [2.75, 3.05) is 46.1 Å². The highest BCUT2D eigenvalue weighted by Gasteiger charge is 2.06. The summed E-state index contributed by atoms with van der Waals surface area (Å²) in [6.45, 7) is 7.28. The zero-order valence-corrected chi connectivity index (χ0v) is 9.69. The van der Waals surface area contributed by atoms with Gasteiger partial charge in [-0.3, -0.25) is 4.90 Å². The van der Waals surface area contributed by atoms with Gasteiger partial charge in [-0.25, -0.2) is 0 Å². The largest absolute Gasteiger partial charge is 0.394 e. The van der Waals surface area contributed by atoms with E-state index in [-0.39, 0.29) is 6.61 Å². The van der Waals surface area contributed by atoms with Crippen LogP contribution in [0.4, 0.5) is 0 Å². The monoisotopic (exact) mass is 221 g/mol. The van der Waals surface area contributed by atoms with Gasteiger partial charge in [0.1, 0.15) is 6.23 Å². The second-order valence-electron chi connectivity index (χ2n) is 3.21. The van der Waals surface area contributed by atoms with Crippen molar-refractivity contribution >= 4 is 0 Å². The Morgan fingerprint density at radius 3 is 2.20 bits per heavy atom. The first-order valence-electron chi connectivity index (χ1n) is 5.40. The van der Waals surface area contributed by atoms with Gasteiger partial charge >= 0.3 is 0 Å². The zero-order valence-electron chi connectivity index (χ0n) is 9.69. The molecule has 0 aliphatic carbocycles. The lowest BCUT2D eigenvalue weighted by molar-refractivity contribution is -0.0114. The Kier molecular flexibility index (Phi) is 10.2. The lowest BCUT2D eigenvalue weighted by Crippen LogP contribution is -2.35. The lowest BCUT2D eigenvalue weighted by Gasteiger charge is -2.23. The molecule has 5 heteroatoms. The summed E-state index contributed by atoms with van der Waals surface area (Å²) < 4.78 is 10.3. The van der Waals surface area contributed by atoms with Gasteiger partial charge in [0.2, 0.25) is 0 Å². The molecule has 1 unspecified atom stereocenters. The third-order valence-corrected chi connectivity index (χ3v) is 2.07. The molecule has 0 aromatic rings. The van der Waals surface area contributed by atoms with E-state index in [1.807, 2.05) is 11.8 Å². The molecule has 0 fully saturated rings. The average Bonchev–Trinajstić information content (AvgIpc) is 2.21. The fraction of sp³-hybridized carbons (Fsp3) is 1.00. The van der Waals surface area contributed by atoms with E-state index in [2.05, 4.69) is 0 Å². The first-order valence-corrected chi connectivity index (χ1v) is 5.40. The maximum absolute atomic E-state index is 9.30. The fourth-order valence-electron chi connectivity index (χ4n) is 1.18. The molecule has 0 aromatic heterocycles. The molecule has 0 saturated carbocycles.